The van der Waals surface area contributed by atoms with Crippen LogP contribution in [0.5, 0.6) is 0 Å². The minimum absolute atomic E-state index is 0.780. The molecule has 1 saturated heterocycles. The van der Waals surface area contributed by atoms with Gasteiger partial charge in [-0.15, -0.1) is 0 Å². The van der Waals surface area contributed by atoms with E-state index in [1.165, 1.54) is 25.9 Å². The van der Waals surface area contributed by atoms with Gasteiger partial charge in [-0.05, 0) is 25.7 Å². The van der Waals surface area contributed by atoms with Gasteiger partial charge in [0, 0.05) is 0 Å². The zero-order chi connectivity index (χ0) is 8.27. The van der Waals surface area contributed by atoms with Gasteiger partial charge in [-0.1, -0.05) is 6.92 Å². The molecule has 0 aromatic carbocycles. The highest BCUT2D eigenvalue weighted by Crippen LogP contribution is 2.06. The summed E-state index contributed by atoms with van der Waals surface area (Å²) < 4.78 is 0. The molecule has 1 aliphatic rings. The largest absolute Gasteiger partial charge is 0.353 e. The predicted molar refractivity (Wildman–Crippen MR) is 46.3 cm³/mol. The van der Waals surface area contributed by atoms with E-state index in [1.54, 1.807) is 4.90 Å². The molecule has 1 atom stereocenters. The lowest BCUT2D eigenvalue weighted by Crippen LogP contribution is -3.17. The molecule has 0 amide bonds. The normalized spacial score (nSPS) is 35.2. The van der Waals surface area contributed by atoms with E-state index in [0.29, 0.717) is 0 Å². The van der Waals surface area contributed by atoms with Crippen molar-refractivity contribution in [3.8, 4) is 0 Å². The van der Waals surface area contributed by atoms with Crippen LogP contribution in [0, 0.1) is 5.92 Å². The topological polar surface area (TPSA) is 32.1 Å². The minimum Gasteiger partial charge on any atom is -0.353 e. The third-order valence-electron chi connectivity index (χ3n) is 3.05. The van der Waals surface area contributed by atoms with Gasteiger partial charge in [0.15, 0.2) is 0 Å². The molecule has 1 fully saturated rings. The number of hydrogen-bond donors (Lipinski definition) is 2. The van der Waals surface area contributed by atoms with Gasteiger partial charge in [-0.2, -0.15) is 0 Å². The van der Waals surface area contributed by atoms with E-state index in [4.69, 9.17) is 0 Å². The molecule has 1 rings (SSSR count). The van der Waals surface area contributed by atoms with E-state index in [1.807, 2.05) is 0 Å². The van der Waals surface area contributed by atoms with Gasteiger partial charge in [0.05, 0.1) is 13.1 Å². The molecule has 0 aromatic heterocycles. The first-order chi connectivity index (χ1) is 5.24. The second-order valence-corrected chi connectivity index (χ2v) is 4.03. The maximum absolute atomic E-state index is 3.96. The Morgan fingerprint density at radius 3 is 2.45 bits per heavy atom. The minimum atomic E-state index is 0.780. The Morgan fingerprint density at radius 2 is 2.00 bits per heavy atom. The Hall–Kier alpha value is -0.0800. The average Bonchev–Trinajstić information content (AvgIpc) is 2.05. The Bertz CT molecular complexity index is 106. The first-order valence-electron chi connectivity index (χ1n) is 4.88. The van der Waals surface area contributed by atoms with E-state index in [-0.39, 0.29) is 0 Å². The zero-order valence-corrected chi connectivity index (χ0v) is 7.90. The Labute approximate surface area is 69.8 Å². The van der Waals surface area contributed by atoms with Gasteiger partial charge in [0.25, 0.3) is 0 Å². The Kier molecular flexibility index (Phi) is 3.34. The molecule has 1 heterocycles. The van der Waals surface area contributed by atoms with Crippen molar-refractivity contribution in [2.75, 3.05) is 19.6 Å². The third kappa shape index (κ3) is 2.46. The van der Waals surface area contributed by atoms with E-state index in [2.05, 4.69) is 19.6 Å². The lowest BCUT2D eigenvalue weighted by molar-refractivity contribution is -0.934. The summed E-state index contributed by atoms with van der Waals surface area (Å²) >= 11 is 0. The maximum Gasteiger partial charge on any atom is 0.134 e. The van der Waals surface area contributed by atoms with E-state index in [0.717, 1.165) is 18.5 Å². The monoisotopic (exact) mass is 158 g/mol. The first kappa shape index (κ1) is 9.01. The standard InChI is InChI=1S/C9H20N2/c1-8-3-5-11(6-4-8)9(2)7-10/h8-9H,3-7,10H2,1-2H3/p+2/t9-/m0/s1. The van der Waals surface area contributed by atoms with Crippen molar-refractivity contribution in [1.29, 1.82) is 0 Å². The van der Waals surface area contributed by atoms with Gasteiger partial charge in [0.2, 0.25) is 0 Å². The molecular weight excluding hydrogens is 136 g/mol. The molecule has 0 radical (unpaired) electrons. The van der Waals surface area contributed by atoms with Crippen molar-refractivity contribution >= 4 is 0 Å². The molecule has 0 aromatic rings. The van der Waals surface area contributed by atoms with Crippen LogP contribution < -0.4 is 10.6 Å². The number of hydrogen-bond acceptors (Lipinski definition) is 0. The highest BCUT2D eigenvalue weighted by Gasteiger charge is 2.23. The molecule has 2 nitrogen and oxygen atoms in total. The van der Waals surface area contributed by atoms with E-state index >= 15 is 0 Å². The molecular formula is C9H22N2+2. The molecule has 0 unspecified atom stereocenters. The van der Waals surface area contributed by atoms with Crippen molar-refractivity contribution in [2.45, 2.75) is 32.7 Å². The molecule has 2 heteroatoms. The summed E-state index contributed by atoms with van der Waals surface area (Å²) in [4.78, 5) is 1.78. The number of piperidine rings is 1. The van der Waals surface area contributed by atoms with Crippen LogP contribution in [-0.2, 0) is 0 Å². The quantitative estimate of drug-likeness (QED) is 0.513. The zero-order valence-electron chi connectivity index (χ0n) is 7.90. The van der Waals surface area contributed by atoms with Crippen LogP contribution in [0.2, 0.25) is 0 Å². The molecule has 11 heavy (non-hydrogen) atoms. The third-order valence-corrected chi connectivity index (χ3v) is 3.05. The fourth-order valence-electron chi connectivity index (χ4n) is 1.83. The van der Waals surface area contributed by atoms with Crippen molar-refractivity contribution in [3.05, 3.63) is 0 Å². The van der Waals surface area contributed by atoms with Gasteiger partial charge in [0.1, 0.15) is 12.6 Å². The second-order valence-electron chi connectivity index (χ2n) is 4.03. The van der Waals surface area contributed by atoms with E-state index < -0.39 is 0 Å². The predicted octanol–water partition coefficient (Wildman–Crippen LogP) is -1.07. The lowest BCUT2D eigenvalue weighted by Gasteiger charge is -2.30. The molecule has 0 spiro atoms. The molecule has 66 valence electrons. The first-order valence-corrected chi connectivity index (χ1v) is 4.88. The molecule has 1 aliphatic heterocycles. The number of quaternary nitrogens is 2. The van der Waals surface area contributed by atoms with Crippen LogP contribution in [0.25, 0.3) is 0 Å². The smallest absolute Gasteiger partial charge is 0.134 e. The summed E-state index contributed by atoms with van der Waals surface area (Å²) in [6, 6.07) is 0.780. The maximum atomic E-state index is 3.96. The summed E-state index contributed by atoms with van der Waals surface area (Å²) in [5.41, 5.74) is 3.96. The Morgan fingerprint density at radius 1 is 1.45 bits per heavy atom. The molecule has 4 N–H and O–H groups in total. The van der Waals surface area contributed by atoms with Crippen LogP contribution in [0.4, 0.5) is 0 Å². The highest BCUT2D eigenvalue weighted by atomic mass is 15.2. The van der Waals surface area contributed by atoms with Crippen molar-refractivity contribution in [2.24, 2.45) is 5.92 Å². The molecule has 0 bridgehead atoms. The second kappa shape index (κ2) is 4.07. The van der Waals surface area contributed by atoms with E-state index in [9.17, 15) is 0 Å². The highest BCUT2D eigenvalue weighted by molar-refractivity contribution is 4.57. The molecule has 0 aliphatic carbocycles. The van der Waals surface area contributed by atoms with Crippen LogP contribution >= 0.6 is 0 Å². The van der Waals surface area contributed by atoms with Crippen LogP contribution in [0.15, 0.2) is 0 Å². The van der Waals surface area contributed by atoms with Gasteiger partial charge >= 0.3 is 0 Å². The summed E-state index contributed by atoms with van der Waals surface area (Å²) in [5.74, 6) is 0.968. The summed E-state index contributed by atoms with van der Waals surface area (Å²) in [6.45, 7) is 8.52. The van der Waals surface area contributed by atoms with Gasteiger partial charge in [-0.3, -0.25) is 0 Å². The summed E-state index contributed by atoms with van der Waals surface area (Å²) in [5, 5.41) is 0. The van der Waals surface area contributed by atoms with Crippen molar-refractivity contribution in [1.82, 2.24) is 0 Å². The lowest BCUT2D eigenvalue weighted by atomic mass is 9.98. The number of likely N-dealkylation sites (tertiary alicyclic amines) is 1. The van der Waals surface area contributed by atoms with Crippen molar-refractivity contribution < 1.29 is 10.6 Å². The van der Waals surface area contributed by atoms with Gasteiger partial charge in [-0.25, -0.2) is 0 Å². The average molecular weight is 158 g/mol. The number of rotatable bonds is 2. The molecule has 0 saturated carbocycles. The van der Waals surface area contributed by atoms with Crippen LogP contribution in [0.1, 0.15) is 26.7 Å². The Balaban J connectivity index is 2.27. The van der Waals surface area contributed by atoms with Gasteiger partial charge < -0.3 is 10.6 Å². The SMILES string of the molecule is CC1CC[NH+]([C@@H](C)C[NH3+])CC1. The van der Waals surface area contributed by atoms with Crippen molar-refractivity contribution in [3.63, 3.8) is 0 Å². The fraction of sp³-hybridized carbons (Fsp3) is 1.00. The van der Waals surface area contributed by atoms with Crippen LogP contribution in [-0.4, -0.2) is 25.7 Å². The fourth-order valence-corrected chi connectivity index (χ4v) is 1.83. The summed E-state index contributed by atoms with van der Waals surface area (Å²) in [7, 11) is 0. The summed E-state index contributed by atoms with van der Waals surface area (Å²) in [6.07, 6.45) is 2.83. The number of nitrogens with one attached hydrogen (secondary N) is 1. The van der Waals surface area contributed by atoms with Crippen LogP contribution in [0.3, 0.4) is 0 Å².